The number of nitrogens with zero attached hydrogens (tertiary/aromatic N) is 4. The van der Waals surface area contributed by atoms with Crippen molar-refractivity contribution in [1.82, 2.24) is 19.9 Å². The van der Waals surface area contributed by atoms with Gasteiger partial charge in [-0.1, -0.05) is 28.5 Å². The fourth-order valence-electron chi connectivity index (χ4n) is 3.21. The molecular weight excluding hydrogens is 384 g/mol. The molecule has 1 aliphatic heterocycles. The van der Waals surface area contributed by atoms with Crippen LogP contribution in [-0.4, -0.2) is 32.6 Å². The summed E-state index contributed by atoms with van der Waals surface area (Å²) < 4.78 is 13.3. The first-order valence-corrected chi connectivity index (χ1v) is 10.3. The average Bonchev–Trinajstić information content (AvgIpc) is 3.38. The van der Waals surface area contributed by atoms with Gasteiger partial charge in [0.15, 0.2) is 11.0 Å². The van der Waals surface area contributed by atoms with E-state index in [0.29, 0.717) is 5.02 Å². The summed E-state index contributed by atoms with van der Waals surface area (Å²) in [7, 11) is 0. The number of halogens is 1. The summed E-state index contributed by atoms with van der Waals surface area (Å²) in [4.78, 5) is 0. The number of hydrogen-bond acceptors (Lipinski definition) is 6. The second-order valence-electron chi connectivity index (χ2n) is 6.65. The van der Waals surface area contributed by atoms with Gasteiger partial charge in [-0.2, -0.15) is 0 Å². The van der Waals surface area contributed by atoms with Crippen LogP contribution in [0, 0.1) is 13.8 Å². The van der Waals surface area contributed by atoms with Crippen LogP contribution in [0.3, 0.4) is 0 Å². The molecule has 4 rings (SSSR count). The fourth-order valence-corrected chi connectivity index (χ4v) is 4.44. The Morgan fingerprint density at radius 2 is 2.04 bits per heavy atom. The third-order valence-electron chi connectivity index (χ3n) is 4.76. The van der Waals surface area contributed by atoms with Gasteiger partial charge in [0.2, 0.25) is 0 Å². The highest BCUT2D eigenvalue weighted by Gasteiger charge is 2.22. The highest BCUT2D eigenvalue weighted by Crippen LogP contribution is 2.30. The van der Waals surface area contributed by atoms with Crippen molar-refractivity contribution < 1.29 is 9.26 Å². The Morgan fingerprint density at radius 1 is 1.22 bits per heavy atom. The molecule has 0 bridgehead atoms. The van der Waals surface area contributed by atoms with Crippen molar-refractivity contribution in [3.63, 3.8) is 0 Å². The zero-order valence-electron chi connectivity index (χ0n) is 15.3. The zero-order valence-corrected chi connectivity index (χ0v) is 16.9. The molecule has 0 spiro atoms. The van der Waals surface area contributed by atoms with E-state index in [9.17, 15) is 0 Å². The maximum Gasteiger partial charge on any atom is 0.191 e. The number of thioether (sulfide) groups is 1. The number of rotatable bonds is 6. The van der Waals surface area contributed by atoms with Gasteiger partial charge in [-0.25, -0.2) is 0 Å². The van der Waals surface area contributed by atoms with Gasteiger partial charge in [-0.3, -0.25) is 4.57 Å². The highest BCUT2D eigenvalue weighted by atomic mass is 35.5. The Balaban J connectivity index is 1.62. The molecule has 3 aromatic rings. The van der Waals surface area contributed by atoms with E-state index in [1.807, 2.05) is 38.1 Å². The molecule has 142 valence electrons. The van der Waals surface area contributed by atoms with Crippen molar-refractivity contribution >= 4 is 23.4 Å². The minimum absolute atomic E-state index is 0.200. The summed E-state index contributed by atoms with van der Waals surface area (Å²) in [6, 6.07) is 7.69. The minimum atomic E-state index is 0.200. The van der Waals surface area contributed by atoms with Gasteiger partial charge in [-0.05, 0) is 51.0 Å². The van der Waals surface area contributed by atoms with Crippen LogP contribution in [0.25, 0.3) is 11.4 Å². The zero-order chi connectivity index (χ0) is 18.8. The number of benzene rings is 1. The standard InChI is InChI=1S/C19H21ClN4O2S/c1-12-17(13(2)26-23-12)11-27-19-22-21-18(14-5-7-15(20)8-6-14)24(19)10-16-4-3-9-25-16/h5-8,16H,3-4,9-11H2,1-2H3. The topological polar surface area (TPSA) is 66.0 Å². The maximum atomic E-state index is 6.04. The molecule has 1 aromatic carbocycles. The van der Waals surface area contributed by atoms with E-state index >= 15 is 0 Å². The van der Waals surface area contributed by atoms with Gasteiger partial charge in [0.05, 0.1) is 18.3 Å². The number of aryl methyl sites for hydroxylation is 2. The molecule has 0 saturated carbocycles. The molecule has 6 nitrogen and oxygen atoms in total. The van der Waals surface area contributed by atoms with Crippen LogP contribution in [0.4, 0.5) is 0 Å². The molecule has 1 saturated heterocycles. The summed E-state index contributed by atoms with van der Waals surface area (Å²) in [5.41, 5.74) is 3.02. The van der Waals surface area contributed by atoms with E-state index in [0.717, 1.165) is 65.3 Å². The van der Waals surface area contributed by atoms with Gasteiger partial charge in [-0.15, -0.1) is 10.2 Å². The van der Waals surface area contributed by atoms with E-state index in [1.165, 1.54) is 0 Å². The Bertz CT molecular complexity index is 897. The number of hydrogen-bond donors (Lipinski definition) is 0. The van der Waals surface area contributed by atoms with Crippen LogP contribution >= 0.6 is 23.4 Å². The molecule has 2 aromatic heterocycles. The van der Waals surface area contributed by atoms with E-state index in [1.54, 1.807) is 11.8 Å². The normalized spacial score (nSPS) is 16.9. The van der Waals surface area contributed by atoms with Gasteiger partial charge in [0.25, 0.3) is 0 Å². The second kappa shape index (κ2) is 8.04. The van der Waals surface area contributed by atoms with E-state index < -0.39 is 0 Å². The molecular formula is C19H21ClN4O2S. The Kier molecular flexibility index (Phi) is 5.52. The maximum absolute atomic E-state index is 6.04. The summed E-state index contributed by atoms with van der Waals surface area (Å²) in [6.45, 7) is 5.47. The molecule has 27 heavy (non-hydrogen) atoms. The third-order valence-corrected chi connectivity index (χ3v) is 6.00. The molecule has 0 amide bonds. The Hall–Kier alpha value is -1.83. The van der Waals surface area contributed by atoms with Crippen LogP contribution in [0.1, 0.15) is 29.9 Å². The Morgan fingerprint density at radius 3 is 2.70 bits per heavy atom. The van der Waals surface area contributed by atoms with Crippen molar-refractivity contribution in [3.05, 3.63) is 46.3 Å². The van der Waals surface area contributed by atoms with Crippen molar-refractivity contribution in [2.24, 2.45) is 0 Å². The number of aromatic nitrogens is 4. The van der Waals surface area contributed by atoms with Crippen molar-refractivity contribution in [2.75, 3.05) is 6.61 Å². The first-order valence-electron chi connectivity index (χ1n) is 8.97. The molecule has 1 atom stereocenters. The molecule has 1 fully saturated rings. The molecule has 0 aliphatic carbocycles. The van der Waals surface area contributed by atoms with Gasteiger partial charge >= 0.3 is 0 Å². The van der Waals surface area contributed by atoms with Gasteiger partial charge < -0.3 is 9.26 Å². The van der Waals surface area contributed by atoms with E-state index in [2.05, 4.69) is 19.9 Å². The molecule has 0 radical (unpaired) electrons. The van der Waals surface area contributed by atoms with Crippen LogP contribution < -0.4 is 0 Å². The largest absolute Gasteiger partial charge is 0.376 e. The summed E-state index contributed by atoms with van der Waals surface area (Å²) in [5.74, 6) is 2.43. The van der Waals surface area contributed by atoms with Gasteiger partial charge in [0, 0.05) is 28.5 Å². The van der Waals surface area contributed by atoms with Crippen molar-refractivity contribution in [1.29, 1.82) is 0 Å². The van der Waals surface area contributed by atoms with E-state index in [4.69, 9.17) is 20.9 Å². The van der Waals surface area contributed by atoms with Crippen LogP contribution in [0.5, 0.6) is 0 Å². The van der Waals surface area contributed by atoms with Crippen LogP contribution in [0.2, 0.25) is 5.02 Å². The quantitative estimate of drug-likeness (QED) is 0.556. The average molecular weight is 405 g/mol. The lowest BCUT2D eigenvalue weighted by atomic mass is 10.2. The minimum Gasteiger partial charge on any atom is -0.376 e. The SMILES string of the molecule is Cc1noc(C)c1CSc1nnc(-c2ccc(Cl)cc2)n1CC1CCCO1. The second-order valence-corrected chi connectivity index (χ2v) is 8.03. The van der Waals surface area contributed by atoms with Crippen molar-refractivity contribution in [3.8, 4) is 11.4 Å². The molecule has 1 unspecified atom stereocenters. The fraction of sp³-hybridized carbons (Fsp3) is 0.421. The summed E-state index contributed by atoms with van der Waals surface area (Å²) in [5, 5.41) is 14.5. The van der Waals surface area contributed by atoms with Crippen molar-refractivity contribution in [2.45, 2.75) is 50.2 Å². The first kappa shape index (κ1) is 18.5. The molecule has 8 heteroatoms. The lowest BCUT2D eigenvalue weighted by molar-refractivity contribution is 0.0953. The lowest BCUT2D eigenvalue weighted by Gasteiger charge is -2.14. The molecule has 1 aliphatic rings. The summed E-state index contributed by atoms with van der Waals surface area (Å²) in [6.07, 6.45) is 2.36. The van der Waals surface area contributed by atoms with E-state index in [-0.39, 0.29) is 6.10 Å². The number of ether oxygens (including phenoxy) is 1. The van der Waals surface area contributed by atoms with Crippen LogP contribution in [-0.2, 0) is 17.0 Å². The Labute approximate surface area is 167 Å². The third kappa shape index (κ3) is 4.05. The molecule has 0 N–H and O–H groups in total. The molecule has 3 heterocycles. The smallest absolute Gasteiger partial charge is 0.191 e. The van der Waals surface area contributed by atoms with Crippen LogP contribution in [0.15, 0.2) is 33.9 Å². The predicted molar refractivity (Wildman–Crippen MR) is 105 cm³/mol. The highest BCUT2D eigenvalue weighted by molar-refractivity contribution is 7.98. The van der Waals surface area contributed by atoms with Gasteiger partial charge in [0.1, 0.15) is 5.76 Å². The predicted octanol–water partition coefficient (Wildman–Crippen LogP) is 4.67. The first-order chi connectivity index (χ1) is 13.1. The summed E-state index contributed by atoms with van der Waals surface area (Å²) >= 11 is 7.68. The monoisotopic (exact) mass is 404 g/mol. The lowest BCUT2D eigenvalue weighted by Crippen LogP contribution is -2.16.